The minimum Gasteiger partial charge on any atom is -0.348 e. The van der Waals surface area contributed by atoms with Crippen LogP contribution >= 0.6 is 22.7 Å². The minimum absolute atomic E-state index is 0.626. The highest BCUT2D eigenvalue weighted by molar-refractivity contribution is 7.27. The fourth-order valence-electron chi connectivity index (χ4n) is 2.07. The Morgan fingerprint density at radius 2 is 2.19 bits per heavy atom. The van der Waals surface area contributed by atoms with E-state index in [0.29, 0.717) is 6.04 Å². The molecule has 4 nitrogen and oxygen atoms in total. The Morgan fingerprint density at radius 3 is 2.94 bits per heavy atom. The molecule has 3 rings (SSSR count). The number of rotatable bonds is 2. The molecule has 86 valence electrons. The van der Waals surface area contributed by atoms with Crippen LogP contribution in [0.2, 0.25) is 0 Å². The monoisotopic (exact) mass is 254 g/mol. The average molecular weight is 254 g/mol. The highest BCUT2D eigenvalue weighted by Gasteiger charge is 2.20. The van der Waals surface area contributed by atoms with Gasteiger partial charge in [0.25, 0.3) is 0 Å². The SMILES string of the molecule is CN(c1nc2scnc2s1)C1CCNCC1. The molecule has 0 aromatic carbocycles. The van der Waals surface area contributed by atoms with Crippen molar-refractivity contribution in [2.45, 2.75) is 18.9 Å². The van der Waals surface area contributed by atoms with Gasteiger partial charge in [-0.05, 0) is 25.9 Å². The summed E-state index contributed by atoms with van der Waals surface area (Å²) in [6.45, 7) is 2.24. The fourth-order valence-corrected chi connectivity index (χ4v) is 3.86. The average Bonchev–Trinajstić information content (AvgIpc) is 2.89. The molecular formula is C10H14N4S2. The Kier molecular flexibility index (Phi) is 2.79. The van der Waals surface area contributed by atoms with Gasteiger partial charge in [0, 0.05) is 13.1 Å². The van der Waals surface area contributed by atoms with Crippen LogP contribution in [-0.2, 0) is 0 Å². The van der Waals surface area contributed by atoms with Crippen LogP contribution in [0.1, 0.15) is 12.8 Å². The number of piperidine rings is 1. The maximum Gasteiger partial charge on any atom is 0.188 e. The Labute approximate surface area is 102 Å². The van der Waals surface area contributed by atoms with Gasteiger partial charge in [0.05, 0.1) is 5.51 Å². The van der Waals surface area contributed by atoms with Crippen molar-refractivity contribution in [1.82, 2.24) is 15.3 Å². The Balaban J connectivity index is 1.83. The molecule has 0 unspecified atom stereocenters. The number of hydrogen-bond donors (Lipinski definition) is 1. The topological polar surface area (TPSA) is 41.1 Å². The number of fused-ring (bicyclic) bond motifs is 1. The molecule has 16 heavy (non-hydrogen) atoms. The third kappa shape index (κ3) is 1.81. The second kappa shape index (κ2) is 4.27. The molecular weight excluding hydrogens is 240 g/mol. The van der Waals surface area contributed by atoms with Crippen LogP contribution in [-0.4, -0.2) is 36.1 Å². The standard InChI is InChI=1S/C10H14N4S2/c1-14(7-2-4-11-5-3-7)10-13-9-8(16-10)12-6-15-9/h6-7,11H,2-5H2,1H3. The maximum absolute atomic E-state index is 4.63. The zero-order chi connectivity index (χ0) is 11.0. The summed E-state index contributed by atoms with van der Waals surface area (Å²) in [6.07, 6.45) is 2.41. The minimum atomic E-state index is 0.626. The molecule has 0 bridgehead atoms. The largest absolute Gasteiger partial charge is 0.348 e. The molecule has 1 saturated heterocycles. The van der Waals surface area contributed by atoms with Crippen LogP contribution in [0, 0.1) is 0 Å². The van der Waals surface area contributed by atoms with E-state index < -0.39 is 0 Å². The van der Waals surface area contributed by atoms with Crippen LogP contribution in [0.15, 0.2) is 5.51 Å². The first-order valence-electron chi connectivity index (χ1n) is 5.48. The molecule has 2 aromatic rings. The normalized spacial score (nSPS) is 18.1. The first-order chi connectivity index (χ1) is 7.84. The summed E-state index contributed by atoms with van der Waals surface area (Å²) in [4.78, 5) is 13.4. The molecule has 2 aromatic heterocycles. The highest BCUT2D eigenvalue weighted by Crippen LogP contribution is 2.31. The van der Waals surface area contributed by atoms with Gasteiger partial charge in [0.1, 0.15) is 0 Å². The van der Waals surface area contributed by atoms with E-state index in [1.54, 1.807) is 22.7 Å². The predicted molar refractivity (Wildman–Crippen MR) is 69.6 cm³/mol. The van der Waals surface area contributed by atoms with Gasteiger partial charge in [-0.2, -0.15) is 0 Å². The number of aromatic nitrogens is 2. The second-order valence-electron chi connectivity index (χ2n) is 4.05. The Bertz CT molecular complexity index is 443. The number of thiazole rings is 2. The van der Waals surface area contributed by atoms with Gasteiger partial charge in [-0.3, -0.25) is 0 Å². The zero-order valence-electron chi connectivity index (χ0n) is 9.14. The lowest BCUT2D eigenvalue weighted by atomic mass is 10.1. The molecule has 1 N–H and O–H groups in total. The van der Waals surface area contributed by atoms with E-state index in [4.69, 9.17) is 0 Å². The van der Waals surface area contributed by atoms with Crippen LogP contribution in [0.3, 0.4) is 0 Å². The summed E-state index contributed by atoms with van der Waals surface area (Å²) >= 11 is 3.32. The first-order valence-corrected chi connectivity index (χ1v) is 7.18. The van der Waals surface area contributed by atoms with Gasteiger partial charge in [0.2, 0.25) is 0 Å². The lowest BCUT2D eigenvalue weighted by Crippen LogP contribution is -2.41. The quantitative estimate of drug-likeness (QED) is 0.889. The summed E-state index contributed by atoms with van der Waals surface area (Å²) < 4.78 is 0. The number of anilines is 1. The van der Waals surface area contributed by atoms with Gasteiger partial charge in [-0.1, -0.05) is 11.3 Å². The van der Waals surface area contributed by atoms with E-state index >= 15 is 0 Å². The summed E-state index contributed by atoms with van der Waals surface area (Å²) in [5, 5.41) is 4.50. The summed E-state index contributed by atoms with van der Waals surface area (Å²) in [6, 6.07) is 0.626. The van der Waals surface area contributed by atoms with Crippen molar-refractivity contribution in [2.75, 3.05) is 25.0 Å². The van der Waals surface area contributed by atoms with Gasteiger partial charge < -0.3 is 10.2 Å². The number of hydrogen-bond acceptors (Lipinski definition) is 6. The molecule has 0 radical (unpaired) electrons. The van der Waals surface area contributed by atoms with E-state index in [1.165, 1.54) is 12.8 Å². The van der Waals surface area contributed by atoms with Crippen LogP contribution < -0.4 is 10.2 Å². The van der Waals surface area contributed by atoms with Crippen molar-refractivity contribution in [2.24, 2.45) is 0 Å². The smallest absolute Gasteiger partial charge is 0.188 e. The van der Waals surface area contributed by atoms with Crippen molar-refractivity contribution in [3.63, 3.8) is 0 Å². The maximum atomic E-state index is 4.63. The molecule has 0 amide bonds. The fraction of sp³-hybridized carbons (Fsp3) is 0.600. The Morgan fingerprint density at radius 1 is 1.38 bits per heavy atom. The van der Waals surface area contributed by atoms with Gasteiger partial charge >= 0.3 is 0 Å². The van der Waals surface area contributed by atoms with E-state index in [1.807, 2.05) is 5.51 Å². The lowest BCUT2D eigenvalue weighted by molar-refractivity contribution is 0.443. The predicted octanol–water partition coefficient (Wildman–Crippen LogP) is 1.94. The third-order valence-corrected chi connectivity index (χ3v) is 4.96. The molecule has 1 aliphatic heterocycles. The molecule has 0 aliphatic carbocycles. The van der Waals surface area contributed by atoms with Crippen molar-refractivity contribution in [1.29, 1.82) is 0 Å². The van der Waals surface area contributed by atoms with Crippen molar-refractivity contribution in [3.8, 4) is 0 Å². The van der Waals surface area contributed by atoms with Crippen molar-refractivity contribution in [3.05, 3.63) is 5.51 Å². The van der Waals surface area contributed by atoms with Gasteiger partial charge in [-0.15, -0.1) is 11.3 Å². The molecule has 1 aliphatic rings. The van der Waals surface area contributed by atoms with E-state index in [-0.39, 0.29) is 0 Å². The molecule has 3 heterocycles. The van der Waals surface area contributed by atoms with Crippen LogP contribution in [0.25, 0.3) is 9.66 Å². The molecule has 6 heteroatoms. The van der Waals surface area contributed by atoms with Crippen molar-refractivity contribution < 1.29 is 0 Å². The first kappa shape index (κ1) is 10.4. The second-order valence-corrected chi connectivity index (χ2v) is 5.84. The summed E-state index contributed by atoms with van der Waals surface area (Å²) in [5.74, 6) is 0. The number of nitrogens with zero attached hydrogens (tertiary/aromatic N) is 3. The molecule has 0 atom stereocenters. The van der Waals surface area contributed by atoms with E-state index in [2.05, 4.69) is 27.2 Å². The van der Waals surface area contributed by atoms with E-state index in [0.717, 1.165) is 27.9 Å². The van der Waals surface area contributed by atoms with Gasteiger partial charge in [-0.25, -0.2) is 9.97 Å². The van der Waals surface area contributed by atoms with Crippen LogP contribution in [0.4, 0.5) is 5.13 Å². The summed E-state index contributed by atoms with van der Waals surface area (Å²) in [5.41, 5.74) is 1.86. The van der Waals surface area contributed by atoms with Crippen LogP contribution in [0.5, 0.6) is 0 Å². The highest BCUT2D eigenvalue weighted by atomic mass is 32.1. The van der Waals surface area contributed by atoms with Gasteiger partial charge in [0.15, 0.2) is 14.8 Å². The van der Waals surface area contributed by atoms with Crippen molar-refractivity contribution >= 4 is 37.5 Å². The number of nitrogens with one attached hydrogen (secondary N) is 1. The molecule has 0 saturated carbocycles. The lowest BCUT2D eigenvalue weighted by Gasteiger charge is -2.31. The van der Waals surface area contributed by atoms with E-state index in [9.17, 15) is 0 Å². The molecule has 0 spiro atoms. The third-order valence-electron chi connectivity index (χ3n) is 3.06. The summed E-state index contributed by atoms with van der Waals surface area (Å²) in [7, 11) is 2.15. The Hall–Kier alpha value is -0.720. The zero-order valence-corrected chi connectivity index (χ0v) is 10.8. The molecule has 1 fully saturated rings.